The van der Waals surface area contributed by atoms with E-state index in [1.807, 2.05) is 30.3 Å². The van der Waals surface area contributed by atoms with Crippen LogP contribution in [0.15, 0.2) is 30.3 Å². The Balaban J connectivity index is 1.68. The van der Waals surface area contributed by atoms with Crippen molar-refractivity contribution in [2.24, 2.45) is 5.92 Å². The van der Waals surface area contributed by atoms with Crippen LogP contribution >= 0.6 is 0 Å². The molecular weight excluding hydrogens is 266 g/mol. The largest absolute Gasteiger partial charge is 0.480 e. The maximum absolute atomic E-state index is 12.5. The Kier molecular flexibility index (Phi) is 3.95. The Bertz CT molecular complexity index is 528. The SMILES string of the molecule is O=C(O)[C@@H]1C[C@@H]2CCC[C@@H]2N1C(=O)CCc1ccccc1. The maximum atomic E-state index is 12.5. The Morgan fingerprint density at radius 3 is 2.67 bits per heavy atom. The van der Waals surface area contributed by atoms with Crippen molar-refractivity contribution in [3.8, 4) is 0 Å². The van der Waals surface area contributed by atoms with Crippen LogP contribution in [-0.2, 0) is 16.0 Å². The maximum Gasteiger partial charge on any atom is 0.326 e. The lowest BCUT2D eigenvalue weighted by molar-refractivity contribution is -0.149. The summed E-state index contributed by atoms with van der Waals surface area (Å²) in [7, 11) is 0. The van der Waals surface area contributed by atoms with E-state index in [4.69, 9.17) is 0 Å². The monoisotopic (exact) mass is 287 g/mol. The van der Waals surface area contributed by atoms with Crippen molar-refractivity contribution in [1.82, 2.24) is 4.90 Å². The van der Waals surface area contributed by atoms with Crippen molar-refractivity contribution in [1.29, 1.82) is 0 Å². The molecule has 4 nitrogen and oxygen atoms in total. The number of aryl methyl sites for hydroxylation is 1. The summed E-state index contributed by atoms with van der Waals surface area (Å²) in [6, 6.07) is 9.44. The number of carboxylic acid groups (broad SMARTS) is 1. The van der Waals surface area contributed by atoms with E-state index in [0.29, 0.717) is 25.2 Å². The Hall–Kier alpha value is -1.84. The van der Waals surface area contributed by atoms with Gasteiger partial charge < -0.3 is 10.0 Å². The van der Waals surface area contributed by atoms with Crippen LogP contribution in [0.4, 0.5) is 0 Å². The quantitative estimate of drug-likeness (QED) is 0.925. The summed E-state index contributed by atoms with van der Waals surface area (Å²) in [5.41, 5.74) is 1.12. The molecule has 1 aliphatic heterocycles. The van der Waals surface area contributed by atoms with Gasteiger partial charge in [0.2, 0.25) is 5.91 Å². The lowest BCUT2D eigenvalue weighted by atomic mass is 10.0. The van der Waals surface area contributed by atoms with E-state index in [2.05, 4.69) is 0 Å². The fourth-order valence-electron chi connectivity index (χ4n) is 3.89. The molecule has 1 saturated carbocycles. The second-order valence-electron chi connectivity index (χ2n) is 6.13. The summed E-state index contributed by atoms with van der Waals surface area (Å²) in [5, 5.41) is 9.38. The summed E-state index contributed by atoms with van der Waals surface area (Å²) in [5.74, 6) is -0.454. The predicted octanol–water partition coefficient (Wildman–Crippen LogP) is 2.47. The molecule has 112 valence electrons. The number of benzene rings is 1. The highest BCUT2D eigenvalue weighted by atomic mass is 16.4. The number of carboxylic acids is 1. The highest BCUT2D eigenvalue weighted by Crippen LogP contribution is 2.41. The fourth-order valence-corrected chi connectivity index (χ4v) is 3.89. The molecule has 0 unspecified atom stereocenters. The average Bonchev–Trinajstić information content (AvgIpc) is 3.06. The molecule has 21 heavy (non-hydrogen) atoms. The molecule has 1 heterocycles. The van der Waals surface area contributed by atoms with Crippen LogP contribution in [-0.4, -0.2) is 34.0 Å². The molecule has 0 radical (unpaired) electrons. The van der Waals surface area contributed by atoms with Gasteiger partial charge in [-0.3, -0.25) is 4.79 Å². The molecule has 2 aliphatic rings. The first-order chi connectivity index (χ1) is 10.2. The second kappa shape index (κ2) is 5.88. The number of carbonyl (C=O) groups excluding carboxylic acids is 1. The van der Waals surface area contributed by atoms with E-state index in [0.717, 1.165) is 24.8 Å². The third-order valence-corrected chi connectivity index (χ3v) is 4.88. The molecule has 1 aromatic carbocycles. The van der Waals surface area contributed by atoms with Crippen LogP contribution in [0.1, 0.15) is 37.7 Å². The number of fused-ring (bicyclic) bond motifs is 1. The van der Waals surface area contributed by atoms with Gasteiger partial charge in [0.05, 0.1) is 0 Å². The molecule has 3 atom stereocenters. The molecule has 1 amide bonds. The second-order valence-corrected chi connectivity index (χ2v) is 6.13. The fraction of sp³-hybridized carbons (Fsp3) is 0.529. The zero-order chi connectivity index (χ0) is 14.8. The van der Waals surface area contributed by atoms with Crippen LogP contribution in [0.5, 0.6) is 0 Å². The highest BCUT2D eigenvalue weighted by molar-refractivity contribution is 5.85. The molecule has 2 fully saturated rings. The van der Waals surface area contributed by atoms with E-state index in [9.17, 15) is 14.7 Å². The third-order valence-electron chi connectivity index (χ3n) is 4.88. The van der Waals surface area contributed by atoms with Gasteiger partial charge in [-0.25, -0.2) is 4.79 Å². The van der Waals surface area contributed by atoms with Gasteiger partial charge in [-0.2, -0.15) is 0 Å². The Morgan fingerprint density at radius 1 is 1.19 bits per heavy atom. The topological polar surface area (TPSA) is 57.6 Å². The lowest BCUT2D eigenvalue weighted by Crippen LogP contribution is -2.45. The molecular formula is C17H21NO3. The van der Waals surface area contributed by atoms with Gasteiger partial charge in [-0.05, 0) is 37.2 Å². The molecule has 0 aromatic heterocycles. The van der Waals surface area contributed by atoms with Crippen molar-refractivity contribution in [2.45, 2.75) is 50.6 Å². The van der Waals surface area contributed by atoms with Gasteiger partial charge in [-0.15, -0.1) is 0 Å². The van der Waals surface area contributed by atoms with E-state index < -0.39 is 12.0 Å². The van der Waals surface area contributed by atoms with Crippen LogP contribution in [0, 0.1) is 5.92 Å². The summed E-state index contributed by atoms with van der Waals surface area (Å²) >= 11 is 0. The Morgan fingerprint density at radius 2 is 1.95 bits per heavy atom. The third kappa shape index (κ3) is 2.80. The van der Waals surface area contributed by atoms with Gasteiger partial charge in [0.1, 0.15) is 6.04 Å². The van der Waals surface area contributed by atoms with Crippen LogP contribution in [0.3, 0.4) is 0 Å². The normalized spacial score (nSPS) is 27.6. The zero-order valence-corrected chi connectivity index (χ0v) is 12.1. The molecule has 0 spiro atoms. The van der Waals surface area contributed by atoms with Crippen LogP contribution < -0.4 is 0 Å². The predicted molar refractivity (Wildman–Crippen MR) is 78.8 cm³/mol. The molecule has 1 saturated heterocycles. The number of nitrogens with zero attached hydrogens (tertiary/aromatic N) is 1. The molecule has 1 aliphatic carbocycles. The number of carbonyl (C=O) groups is 2. The summed E-state index contributed by atoms with van der Waals surface area (Å²) in [4.78, 5) is 25.7. The van der Waals surface area contributed by atoms with E-state index >= 15 is 0 Å². The Labute approximate surface area is 124 Å². The zero-order valence-electron chi connectivity index (χ0n) is 12.1. The van der Waals surface area contributed by atoms with Crippen molar-refractivity contribution in [3.05, 3.63) is 35.9 Å². The van der Waals surface area contributed by atoms with E-state index in [1.54, 1.807) is 4.90 Å². The van der Waals surface area contributed by atoms with E-state index in [1.165, 1.54) is 0 Å². The lowest BCUT2D eigenvalue weighted by Gasteiger charge is -2.27. The van der Waals surface area contributed by atoms with Gasteiger partial charge in [0.25, 0.3) is 0 Å². The van der Waals surface area contributed by atoms with Gasteiger partial charge in [-0.1, -0.05) is 36.8 Å². The van der Waals surface area contributed by atoms with Crippen molar-refractivity contribution < 1.29 is 14.7 Å². The first-order valence-corrected chi connectivity index (χ1v) is 7.74. The number of rotatable bonds is 4. The summed E-state index contributed by atoms with van der Waals surface area (Å²) in [6.07, 6.45) is 4.86. The minimum atomic E-state index is -0.850. The minimum Gasteiger partial charge on any atom is -0.480 e. The number of hydrogen-bond acceptors (Lipinski definition) is 2. The van der Waals surface area contributed by atoms with Crippen molar-refractivity contribution in [2.75, 3.05) is 0 Å². The van der Waals surface area contributed by atoms with E-state index in [-0.39, 0.29) is 11.9 Å². The van der Waals surface area contributed by atoms with Gasteiger partial charge in [0, 0.05) is 12.5 Å². The molecule has 1 aromatic rings. The molecule has 4 heteroatoms. The number of aliphatic carboxylic acids is 1. The van der Waals surface area contributed by atoms with Crippen molar-refractivity contribution >= 4 is 11.9 Å². The minimum absolute atomic E-state index is 0.000605. The standard InChI is InChI=1S/C17H21NO3/c19-16(10-9-12-5-2-1-3-6-12)18-14-8-4-7-13(14)11-15(18)17(20)21/h1-3,5-6,13-15H,4,7-11H2,(H,20,21)/t13-,14-,15-/m0/s1. The van der Waals surface area contributed by atoms with Crippen molar-refractivity contribution in [3.63, 3.8) is 0 Å². The highest BCUT2D eigenvalue weighted by Gasteiger charge is 2.48. The number of likely N-dealkylation sites (tertiary alicyclic amines) is 1. The summed E-state index contributed by atoms with van der Waals surface area (Å²) in [6.45, 7) is 0. The summed E-state index contributed by atoms with van der Waals surface area (Å²) < 4.78 is 0. The van der Waals surface area contributed by atoms with Crippen LogP contribution in [0.25, 0.3) is 0 Å². The average molecular weight is 287 g/mol. The van der Waals surface area contributed by atoms with Gasteiger partial charge >= 0.3 is 5.97 Å². The van der Waals surface area contributed by atoms with Crippen LogP contribution in [0.2, 0.25) is 0 Å². The first-order valence-electron chi connectivity index (χ1n) is 7.74. The smallest absolute Gasteiger partial charge is 0.326 e. The molecule has 3 rings (SSSR count). The number of amides is 1. The molecule has 0 bridgehead atoms. The van der Waals surface area contributed by atoms with Gasteiger partial charge in [0.15, 0.2) is 0 Å². The number of hydrogen-bond donors (Lipinski definition) is 1. The molecule has 1 N–H and O–H groups in total. The first kappa shape index (κ1) is 14.1.